The molecule has 2 heterocycles. The second kappa shape index (κ2) is 6.66. The van der Waals surface area contributed by atoms with Crippen LogP contribution in [0.25, 0.3) is 10.1 Å². The first kappa shape index (κ1) is 17.1. The maximum atomic E-state index is 12.7. The third-order valence-corrected chi connectivity index (χ3v) is 6.93. The molecular weight excluding hydrogens is 356 g/mol. The van der Waals surface area contributed by atoms with E-state index in [0.717, 1.165) is 24.1 Å². The zero-order valence-electron chi connectivity index (χ0n) is 12.8. The van der Waals surface area contributed by atoms with Crippen LogP contribution in [0.4, 0.5) is 0 Å². The normalized spacial score (nSPS) is 22.0. The molecule has 3 rings (SSSR count). The molecule has 1 aliphatic rings. The molecule has 0 spiro atoms. The van der Waals surface area contributed by atoms with Gasteiger partial charge in [0.05, 0.1) is 12.1 Å². The van der Waals surface area contributed by atoms with E-state index in [4.69, 9.17) is 16.3 Å². The van der Waals surface area contributed by atoms with Crippen LogP contribution in [0.5, 0.6) is 0 Å². The summed E-state index contributed by atoms with van der Waals surface area (Å²) in [6, 6.07) is 5.30. The molecule has 1 fully saturated rings. The summed E-state index contributed by atoms with van der Waals surface area (Å²) in [5, 5.41) is 6.22. The minimum absolute atomic E-state index is 0.283. The first-order valence-corrected chi connectivity index (χ1v) is 10.1. The van der Waals surface area contributed by atoms with Gasteiger partial charge in [0.1, 0.15) is 4.90 Å². The number of benzene rings is 1. The van der Waals surface area contributed by atoms with Gasteiger partial charge in [0.2, 0.25) is 10.0 Å². The van der Waals surface area contributed by atoms with Gasteiger partial charge in [-0.3, -0.25) is 0 Å². The summed E-state index contributed by atoms with van der Waals surface area (Å²) in [5.74, 6) is 0. The van der Waals surface area contributed by atoms with Gasteiger partial charge < -0.3 is 10.1 Å². The molecular formula is C15H19ClN2O3S2. The molecule has 2 N–H and O–H groups in total. The van der Waals surface area contributed by atoms with Crippen molar-refractivity contribution in [2.24, 2.45) is 0 Å². The van der Waals surface area contributed by atoms with Crippen molar-refractivity contribution in [3.05, 3.63) is 28.6 Å². The van der Waals surface area contributed by atoms with Gasteiger partial charge in [-0.15, -0.1) is 11.3 Å². The minimum atomic E-state index is -3.60. The highest BCUT2D eigenvalue weighted by atomic mass is 35.5. The summed E-state index contributed by atoms with van der Waals surface area (Å²) in [6.45, 7) is 1.66. The van der Waals surface area contributed by atoms with Crippen LogP contribution in [0.1, 0.15) is 12.8 Å². The van der Waals surface area contributed by atoms with Gasteiger partial charge in [0.15, 0.2) is 0 Å². The van der Waals surface area contributed by atoms with Crippen molar-refractivity contribution in [3.63, 3.8) is 0 Å². The maximum absolute atomic E-state index is 12.7. The van der Waals surface area contributed by atoms with Gasteiger partial charge in [0.25, 0.3) is 0 Å². The summed E-state index contributed by atoms with van der Waals surface area (Å²) >= 11 is 7.40. The van der Waals surface area contributed by atoms with Crippen LogP contribution >= 0.6 is 22.9 Å². The summed E-state index contributed by atoms with van der Waals surface area (Å²) in [7, 11) is -1.97. The summed E-state index contributed by atoms with van der Waals surface area (Å²) in [5.41, 5.74) is -0.328. The predicted molar refractivity (Wildman–Crippen MR) is 93.9 cm³/mol. The molecule has 1 unspecified atom stereocenters. The number of rotatable bonds is 6. The lowest BCUT2D eigenvalue weighted by Crippen LogP contribution is -2.52. The zero-order chi connectivity index (χ0) is 16.5. The highest BCUT2D eigenvalue weighted by molar-refractivity contribution is 7.90. The second-order valence-corrected chi connectivity index (χ2v) is 8.89. The molecule has 8 heteroatoms. The van der Waals surface area contributed by atoms with Gasteiger partial charge >= 0.3 is 0 Å². The fourth-order valence-electron chi connectivity index (χ4n) is 2.97. The van der Waals surface area contributed by atoms with Crippen molar-refractivity contribution >= 4 is 43.0 Å². The van der Waals surface area contributed by atoms with Crippen molar-refractivity contribution in [2.75, 3.05) is 26.8 Å². The molecule has 0 bridgehead atoms. The largest absolute Gasteiger partial charge is 0.383 e. The third kappa shape index (κ3) is 3.55. The number of nitrogens with one attached hydrogen (secondary N) is 2. The Morgan fingerprint density at radius 2 is 2.30 bits per heavy atom. The number of ether oxygens (including phenoxy) is 1. The number of fused-ring (bicyclic) bond motifs is 1. The highest BCUT2D eigenvalue weighted by Crippen LogP contribution is 2.31. The number of halogens is 1. The van der Waals surface area contributed by atoms with Gasteiger partial charge in [-0.05, 0) is 37.6 Å². The van der Waals surface area contributed by atoms with Crippen LogP contribution in [0.2, 0.25) is 5.02 Å². The molecule has 1 aliphatic heterocycles. The molecule has 5 nitrogen and oxygen atoms in total. The number of methoxy groups -OCH3 is 1. The topological polar surface area (TPSA) is 67.4 Å². The van der Waals surface area contributed by atoms with Crippen LogP contribution in [-0.4, -0.2) is 40.8 Å². The molecule has 126 valence electrons. The van der Waals surface area contributed by atoms with Gasteiger partial charge in [-0.1, -0.05) is 11.6 Å². The van der Waals surface area contributed by atoms with Crippen LogP contribution in [-0.2, 0) is 14.8 Å². The molecule has 1 aromatic heterocycles. The molecule has 0 amide bonds. The molecule has 23 heavy (non-hydrogen) atoms. The standard InChI is InChI=1S/C15H19ClN2O3S2/c1-21-10-15(5-2-6-17-15)9-18-23(19,20)14-8-22-13-4-3-11(16)7-12(13)14/h3-4,7-8,17-18H,2,5-6,9-10H2,1H3. The van der Waals surface area contributed by atoms with E-state index in [2.05, 4.69) is 10.0 Å². The number of hydrogen-bond donors (Lipinski definition) is 2. The summed E-state index contributed by atoms with van der Waals surface area (Å²) < 4.78 is 34.3. The highest BCUT2D eigenvalue weighted by Gasteiger charge is 2.35. The quantitative estimate of drug-likeness (QED) is 0.815. The van der Waals surface area contributed by atoms with E-state index in [1.807, 2.05) is 6.07 Å². The molecule has 1 atom stereocenters. The van der Waals surface area contributed by atoms with Crippen molar-refractivity contribution < 1.29 is 13.2 Å². The van der Waals surface area contributed by atoms with Crippen LogP contribution in [0.15, 0.2) is 28.5 Å². The Hall–Kier alpha value is -0.700. The zero-order valence-corrected chi connectivity index (χ0v) is 15.2. The SMILES string of the molecule is COCC1(CNS(=O)(=O)c2csc3ccc(Cl)cc23)CCCN1. The minimum Gasteiger partial charge on any atom is -0.383 e. The van der Waals surface area contributed by atoms with Crippen LogP contribution in [0, 0.1) is 0 Å². The van der Waals surface area contributed by atoms with E-state index < -0.39 is 10.0 Å². The van der Waals surface area contributed by atoms with E-state index >= 15 is 0 Å². The number of thiophene rings is 1. The van der Waals surface area contributed by atoms with Gasteiger partial charge in [-0.25, -0.2) is 13.1 Å². The van der Waals surface area contributed by atoms with E-state index in [0.29, 0.717) is 23.6 Å². The fraction of sp³-hybridized carbons (Fsp3) is 0.467. The van der Waals surface area contributed by atoms with Gasteiger partial charge in [0, 0.05) is 34.1 Å². The molecule has 0 aliphatic carbocycles. The molecule has 1 saturated heterocycles. The number of hydrogen-bond acceptors (Lipinski definition) is 5. The van der Waals surface area contributed by atoms with Gasteiger partial charge in [-0.2, -0.15) is 0 Å². The van der Waals surface area contributed by atoms with Crippen LogP contribution in [0.3, 0.4) is 0 Å². The lowest BCUT2D eigenvalue weighted by atomic mass is 9.99. The average molecular weight is 375 g/mol. The molecule has 2 aromatic rings. The molecule has 0 radical (unpaired) electrons. The Labute approximate surface area is 145 Å². The first-order chi connectivity index (χ1) is 11.0. The van der Waals surface area contributed by atoms with Crippen molar-refractivity contribution in [1.29, 1.82) is 0 Å². The Balaban J connectivity index is 1.84. The summed E-state index contributed by atoms with van der Waals surface area (Å²) in [6.07, 6.45) is 1.90. The molecule has 1 aromatic carbocycles. The summed E-state index contributed by atoms with van der Waals surface area (Å²) in [4.78, 5) is 0.283. The Morgan fingerprint density at radius 1 is 1.48 bits per heavy atom. The lowest BCUT2D eigenvalue weighted by Gasteiger charge is -2.28. The van der Waals surface area contributed by atoms with Crippen molar-refractivity contribution in [3.8, 4) is 0 Å². The Morgan fingerprint density at radius 3 is 3.00 bits per heavy atom. The second-order valence-electron chi connectivity index (χ2n) is 5.81. The first-order valence-electron chi connectivity index (χ1n) is 7.36. The lowest BCUT2D eigenvalue weighted by molar-refractivity contribution is 0.122. The maximum Gasteiger partial charge on any atom is 0.242 e. The van der Waals surface area contributed by atoms with E-state index in [1.165, 1.54) is 11.3 Å². The van der Waals surface area contributed by atoms with E-state index in [9.17, 15) is 8.42 Å². The molecule has 0 saturated carbocycles. The number of sulfonamides is 1. The smallest absolute Gasteiger partial charge is 0.242 e. The third-order valence-electron chi connectivity index (χ3n) is 4.14. The van der Waals surface area contributed by atoms with E-state index in [1.54, 1.807) is 24.6 Å². The fourth-order valence-corrected chi connectivity index (χ4v) is 5.74. The Bertz CT molecular complexity index is 798. The van der Waals surface area contributed by atoms with E-state index in [-0.39, 0.29) is 10.4 Å². The average Bonchev–Trinajstić information content (AvgIpc) is 3.13. The van der Waals surface area contributed by atoms with Crippen molar-refractivity contribution in [2.45, 2.75) is 23.3 Å². The monoisotopic (exact) mass is 374 g/mol. The van der Waals surface area contributed by atoms with Crippen LogP contribution < -0.4 is 10.0 Å². The van der Waals surface area contributed by atoms with Crippen molar-refractivity contribution in [1.82, 2.24) is 10.0 Å². The predicted octanol–water partition coefficient (Wildman–Crippen LogP) is 2.60. The Kier molecular flexibility index (Phi) is 4.96.